The summed E-state index contributed by atoms with van der Waals surface area (Å²) in [5.74, 6) is -0.503. The van der Waals surface area contributed by atoms with Crippen LogP contribution in [0.1, 0.15) is 23.6 Å². The van der Waals surface area contributed by atoms with Gasteiger partial charge in [-0.05, 0) is 64.2 Å². The number of fused-ring (bicyclic) bond motifs is 1. The van der Waals surface area contributed by atoms with Crippen LogP contribution in [0, 0.1) is 11.6 Å². The first-order valence-corrected chi connectivity index (χ1v) is 6.93. The molecule has 0 spiro atoms. The summed E-state index contributed by atoms with van der Waals surface area (Å²) in [6, 6.07) is 9.71. The summed E-state index contributed by atoms with van der Waals surface area (Å²) >= 11 is 3.34. The van der Waals surface area contributed by atoms with Crippen molar-refractivity contribution in [1.82, 2.24) is 0 Å². The molecule has 4 heteroatoms. The molecule has 0 bridgehead atoms. The number of rotatable bonds is 2. The van der Waals surface area contributed by atoms with Gasteiger partial charge in [-0.2, -0.15) is 0 Å². The molecule has 1 N–H and O–H groups in total. The Hall–Kier alpha value is -1.42. The monoisotopic (exact) mass is 323 g/mol. The Morgan fingerprint density at radius 3 is 2.79 bits per heavy atom. The highest BCUT2D eigenvalue weighted by Crippen LogP contribution is 2.36. The van der Waals surface area contributed by atoms with Gasteiger partial charge in [-0.15, -0.1) is 0 Å². The van der Waals surface area contributed by atoms with Crippen molar-refractivity contribution in [3.63, 3.8) is 0 Å². The lowest BCUT2D eigenvalue weighted by atomic mass is 10.1. The topological polar surface area (TPSA) is 12.0 Å². The Kier molecular flexibility index (Phi) is 3.27. The minimum absolute atomic E-state index is 0.0313. The Balaban J connectivity index is 1.91. The molecule has 1 aliphatic rings. The van der Waals surface area contributed by atoms with E-state index in [4.69, 9.17) is 0 Å². The average molecular weight is 324 g/mol. The van der Waals surface area contributed by atoms with Crippen LogP contribution in [0.3, 0.4) is 0 Å². The molecule has 0 aromatic heterocycles. The summed E-state index contributed by atoms with van der Waals surface area (Å²) in [5, 5.41) is 3.21. The third kappa shape index (κ3) is 2.37. The Labute approximate surface area is 118 Å². The number of hydrogen-bond acceptors (Lipinski definition) is 1. The van der Waals surface area contributed by atoms with Gasteiger partial charge in [0.2, 0.25) is 0 Å². The van der Waals surface area contributed by atoms with Crippen molar-refractivity contribution in [2.45, 2.75) is 18.9 Å². The second-order valence-electron chi connectivity index (χ2n) is 4.68. The van der Waals surface area contributed by atoms with E-state index in [1.54, 1.807) is 24.3 Å². The number of benzene rings is 2. The van der Waals surface area contributed by atoms with Crippen LogP contribution in [0.25, 0.3) is 0 Å². The lowest BCUT2D eigenvalue weighted by Crippen LogP contribution is -2.09. The van der Waals surface area contributed by atoms with Crippen LogP contribution in [0.4, 0.5) is 14.5 Å². The maximum absolute atomic E-state index is 13.8. The van der Waals surface area contributed by atoms with Gasteiger partial charge in [0.1, 0.15) is 11.6 Å². The molecule has 3 rings (SSSR count). The van der Waals surface area contributed by atoms with Crippen molar-refractivity contribution in [1.29, 1.82) is 0 Å². The molecule has 0 amide bonds. The van der Waals surface area contributed by atoms with E-state index >= 15 is 0 Å². The summed E-state index contributed by atoms with van der Waals surface area (Å²) in [4.78, 5) is 0. The fourth-order valence-electron chi connectivity index (χ4n) is 2.55. The van der Waals surface area contributed by atoms with Crippen LogP contribution in [0.15, 0.2) is 40.9 Å². The third-order valence-corrected chi connectivity index (χ3v) is 4.12. The quantitative estimate of drug-likeness (QED) is 0.834. The molecular formula is C15H12BrF2N. The molecule has 0 saturated carbocycles. The lowest BCUT2D eigenvalue weighted by Gasteiger charge is -2.17. The van der Waals surface area contributed by atoms with E-state index < -0.39 is 0 Å². The molecule has 2 aromatic carbocycles. The molecule has 1 unspecified atom stereocenters. The maximum Gasteiger partial charge on any atom is 0.147 e. The van der Waals surface area contributed by atoms with Crippen LogP contribution in [0.2, 0.25) is 0 Å². The van der Waals surface area contributed by atoms with Gasteiger partial charge >= 0.3 is 0 Å². The fraction of sp³-hybridized carbons (Fsp3) is 0.200. The van der Waals surface area contributed by atoms with Crippen LogP contribution < -0.4 is 5.32 Å². The van der Waals surface area contributed by atoms with Gasteiger partial charge in [-0.1, -0.05) is 12.1 Å². The number of halogens is 3. The summed E-state index contributed by atoms with van der Waals surface area (Å²) in [6.07, 6.45) is 1.66. The number of nitrogens with one attached hydrogen (secondary N) is 1. The standard InChI is InChI=1S/C15H12BrF2N/c16-12-2-1-3-13(18)15(12)19-14-7-4-9-8-10(17)5-6-11(9)14/h1-3,5-6,8,14,19H,4,7H2. The smallest absolute Gasteiger partial charge is 0.147 e. The second-order valence-corrected chi connectivity index (χ2v) is 5.53. The molecule has 1 nitrogen and oxygen atoms in total. The lowest BCUT2D eigenvalue weighted by molar-refractivity contribution is 0.623. The van der Waals surface area contributed by atoms with E-state index in [-0.39, 0.29) is 17.7 Å². The first-order chi connectivity index (χ1) is 9.15. The highest BCUT2D eigenvalue weighted by molar-refractivity contribution is 9.10. The Morgan fingerprint density at radius 1 is 1.16 bits per heavy atom. The Bertz CT molecular complexity index is 607. The molecule has 1 aliphatic carbocycles. The van der Waals surface area contributed by atoms with Gasteiger partial charge in [0.05, 0.1) is 11.7 Å². The first-order valence-electron chi connectivity index (χ1n) is 6.14. The highest BCUT2D eigenvalue weighted by atomic mass is 79.9. The van der Waals surface area contributed by atoms with Gasteiger partial charge in [0, 0.05) is 4.47 Å². The van der Waals surface area contributed by atoms with E-state index in [9.17, 15) is 8.78 Å². The molecule has 0 aliphatic heterocycles. The van der Waals surface area contributed by atoms with Crippen LogP contribution in [0.5, 0.6) is 0 Å². The van der Waals surface area contributed by atoms with Gasteiger partial charge < -0.3 is 5.32 Å². The number of aryl methyl sites for hydroxylation is 1. The summed E-state index contributed by atoms with van der Waals surface area (Å²) in [5.41, 5.74) is 2.52. The van der Waals surface area contributed by atoms with Crippen molar-refractivity contribution in [3.8, 4) is 0 Å². The summed E-state index contributed by atoms with van der Waals surface area (Å²) < 4.78 is 27.6. The van der Waals surface area contributed by atoms with E-state index in [1.165, 1.54) is 12.1 Å². The van der Waals surface area contributed by atoms with Crippen molar-refractivity contribution in [3.05, 3.63) is 63.6 Å². The number of anilines is 1. The highest BCUT2D eigenvalue weighted by Gasteiger charge is 2.24. The third-order valence-electron chi connectivity index (χ3n) is 3.46. The molecule has 0 heterocycles. The molecular weight excluding hydrogens is 312 g/mol. The zero-order chi connectivity index (χ0) is 13.4. The van der Waals surface area contributed by atoms with E-state index in [2.05, 4.69) is 21.2 Å². The van der Waals surface area contributed by atoms with Crippen LogP contribution in [-0.4, -0.2) is 0 Å². The Morgan fingerprint density at radius 2 is 2.00 bits per heavy atom. The first kappa shape index (κ1) is 12.6. The molecule has 1 atom stereocenters. The summed E-state index contributed by atoms with van der Waals surface area (Å²) in [6.45, 7) is 0. The van der Waals surface area contributed by atoms with Crippen LogP contribution in [-0.2, 0) is 6.42 Å². The summed E-state index contributed by atoms with van der Waals surface area (Å²) in [7, 11) is 0. The van der Waals surface area contributed by atoms with Crippen LogP contribution >= 0.6 is 15.9 Å². The van der Waals surface area contributed by atoms with E-state index in [1.807, 2.05) is 0 Å². The largest absolute Gasteiger partial charge is 0.375 e. The second kappa shape index (κ2) is 4.93. The molecule has 0 radical (unpaired) electrons. The predicted molar refractivity (Wildman–Crippen MR) is 75.2 cm³/mol. The normalized spacial score (nSPS) is 17.3. The number of hydrogen-bond donors (Lipinski definition) is 1. The minimum Gasteiger partial charge on any atom is -0.375 e. The van der Waals surface area contributed by atoms with E-state index in [0.717, 1.165) is 24.0 Å². The fourth-order valence-corrected chi connectivity index (χ4v) is 3.00. The SMILES string of the molecule is Fc1ccc2c(c1)CCC2Nc1c(F)cccc1Br. The van der Waals surface area contributed by atoms with Crippen molar-refractivity contribution in [2.75, 3.05) is 5.32 Å². The van der Waals surface area contributed by atoms with Crippen molar-refractivity contribution in [2.24, 2.45) is 0 Å². The van der Waals surface area contributed by atoms with E-state index in [0.29, 0.717) is 10.2 Å². The molecule has 2 aromatic rings. The molecule has 0 saturated heterocycles. The predicted octanol–water partition coefficient (Wildman–Crippen LogP) is 4.83. The zero-order valence-electron chi connectivity index (χ0n) is 10.1. The molecule has 98 valence electrons. The van der Waals surface area contributed by atoms with Gasteiger partial charge in [-0.3, -0.25) is 0 Å². The molecule has 0 fully saturated rings. The zero-order valence-corrected chi connectivity index (χ0v) is 11.7. The van der Waals surface area contributed by atoms with Crippen molar-refractivity contribution < 1.29 is 8.78 Å². The number of para-hydroxylation sites is 1. The van der Waals surface area contributed by atoms with Gasteiger partial charge in [-0.25, -0.2) is 8.78 Å². The molecule has 19 heavy (non-hydrogen) atoms. The van der Waals surface area contributed by atoms with Gasteiger partial charge in [0.15, 0.2) is 0 Å². The minimum atomic E-state index is -0.287. The van der Waals surface area contributed by atoms with Crippen molar-refractivity contribution >= 4 is 21.6 Å². The average Bonchev–Trinajstić information content (AvgIpc) is 2.76. The van der Waals surface area contributed by atoms with Gasteiger partial charge in [0.25, 0.3) is 0 Å². The maximum atomic E-state index is 13.8.